The minimum Gasteiger partial charge on any atom is -0.479 e. The van der Waals surface area contributed by atoms with Crippen LogP contribution in [0.25, 0.3) is 0 Å². The second-order valence-corrected chi connectivity index (χ2v) is 5.81. The molecule has 1 aromatic rings. The zero-order valence-electron chi connectivity index (χ0n) is 12.5. The van der Waals surface area contributed by atoms with E-state index in [0.717, 1.165) is 12.8 Å². The number of halogens is 1. The van der Waals surface area contributed by atoms with Gasteiger partial charge in [0.05, 0.1) is 5.02 Å². The van der Waals surface area contributed by atoms with Crippen LogP contribution < -0.4 is 15.8 Å². The minimum absolute atomic E-state index is 0.126. The van der Waals surface area contributed by atoms with Crippen LogP contribution in [0.1, 0.15) is 39.2 Å². The third-order valence-corrected chi connectivity index (χ3v) is 3.53. The predicted molar refractivity (Wildman–Crippen MR) is 89.9 cm³/mol. The van der Waals surface area contributed by atoms with Gasteiger partial charge in [-0.05, 0) is 38.5 Å². The lowest BCUT2D eigenvalue weighted by molar-refractivity contribution is -0.127. The molecule has 1 rings (SSSR count). The first-order valence-electron chi connectivity index (χ1n) is 6.91. The topological polar surface area (TPSA) is 64.3 Å². The fraction of sp³-hybridized carbons (Fsp3) is 0.467. The number of carbonyl (C=O) groups is 1. The molecule has 0 saturated carbocycles. The molecule has 0 aliphatic carbocycles. The molecule has 2 unspecified atom stereocenters. The van der Waals surface area contributed by atoms with Gasteiger partial charge in [0.25, 0.3) is 5.91 Å². The van der Waals surface area contributed by atoms with E-state index in [-0.39, 0.29) is 16.9 Å². The van der Waals surface area contributed by atoms with E-state index in [1.807, 2.05) is 6.92 Å². The van der Waals surface area contributed by atoms with E-state index in [1.54, 1.807) is 25.1 Å². The van der Waals surface area contributed by atoms with Crippen molar-refractivity contribution in [1.29, 1.82) is 0 Å². The van der Waals surface area contributed by atoms with Gasteiger partial charge >= 0.3 is 0 Å². The molecule has 6 heteroatoms. The number of ether oxygens (including phenoxy) is 1. The zero-order valence-corrected chi connectivity index (χ0v) is 14.1. The van der Waals surface area contributed by atoms with E-state index in [2.05, 4.69) is 12.2 Å². The molecule has 21 heavy (non-hydrogen) atoms. The van der Waals surface area contributed by atoms with Crippen LogP contribution >= 0.6 is 23.8 Å². The molecule has 0 radical (unpaired) electrons. The number of rotatable bonds is 7. The third-order valence-electron chi connectivity index (χ3n) is 3.00. The summed E-state index contributed by atoms with van der Waals surface area (Å²) < 4.78 is 5.59. The lowest BCUT2D eigenvalue weighted by Crippen LogP contribution is -2.41. The van der Waals surface area contributed by atoms with Gasteiger partial charge in [-0.15, -0.1) is 0 Å². The van der Waals surface area contributed by atoms with Crippen molar-refractivity contribution in [3.8, 4) is 5.75 Å². The van der Waals surface area contributed by atoms with Crippen molar-refractivity contribution < 1.29 is 9.53 Å². The van der Waals surface area contributed by atoms with Gasteiger partial charge in [-0.1, -0.05) is 37.2 Å². The molecule has 116 valence electrons. The molecule has 0 bridgehead atoms. The number of hydrogen-bond acceptors (Lipinski definition) is 3. The van der Waals surface area contributed by atoms with Crippen LogP contribution in [0.15, 0.2) is 18.2 Å². The van der Waals surface area contributed by atoms with Gasteiger partial charge in [-0.2, -0.15) is 0 Å². The number of amides is 1. The summed E-state index contributed by atoms with van der Waals surface area (Å²) in [4.78, 5) is 12.3. The van der Waals surface area contributed by atoms with E-state index < -0.39 is 6.10 Å². The van der Waals surface area contributed by atoms with E-state index >= 15 is 0 Å². The average Bonchev–Trinajstić information content (AvgIpc) is 2.40. The third kappa shape index (κ3) is 5.52. The van der Waals surface area contributed by atoms with Crippen molar-refractivity contribution >= 4 is 34.7 Å². The maximum Gasteiger partial charge on any atom is 0.260 e. The number of carbonyl (C=O) groups excluding carboxylic acids is 1. The van der Waals surface area contributed by atoms with Gasteiger partial charge in [0.15, 0.2) is 6.10 Å². The monoisotopic (exact) mass is 328 g/mol. The fourth-order valence-electron chi connectivity index (χ4n) is 1.86. The number of nitrogens with one attached hydrogen (secondary N) is 1. The standard InChI is InChI=1S/C15H21ClN2O2S/c1-4-5-9(2)18-15(19)10(3)20-13-7-6-11(14(17)21)8-12(13)16/h6-10H,4-5H2,1-3H3,(H2,17,21)(H,18,19). The molecule has 0 aliphatic rings. The Kier molecular flexibility index (Phi) is 6.92. The van der Waals surface area contributed by atoms with Gasteiger partial charge in [-0.25, -0.2) is 0 Å². The Bertz CT molecular complexity index is 522. The lowest BCUT2D eigenvalue weighted by Gasteiger charge is -2.19. The summed E-state index contributed by atoms with van der Waals surface area (Å²) in [5.41, 5.74) is 6.20. The molecule has 4 nitrogen and oxygen atoms in total. The average molecular weight is 329 g/mol. The molecular weight excluding hydrogens is 308 g/mol. The van der Waals surface area contributed by atoms with Gasteiger partial charge < -0.3 is 15.8 Å². The Hall–Kier alpha value is -1.33. The van der Waals surface area contributed by atoms with Crippen LogP contribution in [0.4, 0.5) is 0 Å². The maximum atomic E-state index is 12.0. The highest BCUT2D eigenvalue weighted by Crippen LogP contribution is 2.26. The van der Waals surface area contributed by atoms with Crippen LogP contribution in [-0.4, -0.2) is 23.0 Å². The van der Waals surface area contributed by atoms with Crippen LogP contribution in [-0.2, 0) is 4.79 Å². The molecule has 3 N–H and O–H groups in total. The van der Waals surface area contributed by atoms with Crippen LogP contribution in [0.2, 0.25) is 5.02 Å². The summed E-state index contributed by atoms with van der Waals surface area (Å²) in [6.07, 6.45) is 1.32. The Morgan fingerprint density at radius 2 is 2.14 bits per heavy atom. The van der Waals surface area contributed by atoms with Crippen molar-refractivity contribution in [3.63, 3.8) is 0 Å². The molecule has 0 aliphatic heterocycles. The van der Waals surface area contributed by atoms with Crippen molar-refractivity contribution in [3.05, 3.63) is 28.8 Å². The summed E-state index contributed by atoms with van der Waals surface area (Å²) in [7, 11) is 0. The molecule has 2 atom stereocenters. The van der Waals surface area contributed by atoms with E-state index in [4.69, 9.17) is 34.3 Å². The van der Waals surface area contributed by atoms with Gasteiger partial charge in [0, 0.05) is 11.6 Å². The molecule has 0 spiro atoms. The van der Waals surface area contributed by atoms with Crippen LogP contribution in [0.3, 0.4) is 0 Å². The second-order valence-electron chi connectivity index (χ2n) is 4.97. The summed E-state index contributed by atoms with van der Waals surface area (Å²) in [6.45, 7) is 5.73. The molecule has 1 aromatic carbocycles. The Morgan fingerprint density at radius 3 is 2.67 bits per heavy atom. The van der Waals surface area contributed by atoms with Crippen LogP contribution in [0, 0.1) is 0 Å². The zero-order chi connectivity index (χ0) is 16.0. The van der Waals surface area contributed by atoms with Crippen molar-refractivity contribution in [2.75, 3.05) is 0 Å². The SMILES string of the molecule is CCCC(C)NC(=O)C(C)Oc1ccc(C(N)=S)cc1Cl. The first-order chi connectivity index (χ1) is 9.85. The molecule has 0 heterocycles. The van der Waals surface area contributed by atoms with Gasteiger partial charge in [0.1, 0.15) is 10.7 Å². The maximum absolute atomic E-state index is 12.0. The number of benzene rings is 1. The molecule has 1 amide bonds. The van der Waals surface area contributed by atoms with Crippen molar-refractivity contribution in [2.24, 2.45) is 5.73 Å². The van der Waals surface area contributed by atoms with Crippen LogP contribution in [0.5, 0.6) is 5.75 Å². The second kappa shape index (κ2) is 8.20. The quantitative estimate of drug-likeness (QED) is 0.755. The van der Waals surface area contributed by atoms with Gasteiger partial charge in [0.2, 0.25) is 0 Å². The summed E-state index contributed by atoms with van der Waals surface area (Å²) >= 11 is 11.0. The Labute approximate surface area is 136 Å². The summed E-state index contributed by atoms with van der Waals surface area (Å²) in [5, 5.41) is 3.28. The largest absolute Gasteiger partial charge is 0.479 e. The first kappa shape index (κ1) is 17.7. The molecule has 0 fully saturated rings. The number of hydrogen-bond donors (Lipinski definition) is 2. The molecule has 0 aromatic heterocycles. The van der Waals surface area contributed by atoms with Crippen molar-refractivity contribution in [1.82, 2.24) is 5.32 Å². The molecule has 0 saturated heterocycles. The Balaban J connectivity index is 2.68. The van der Waals surface area contributed by atoms with E-state index in [1.165, 1.54) is 0 Å². The highest BCUT2D eigenvalue weighted by molar-refractivity contribution is 7.80. The highest BCUT2D eigenvalue weighted by Gasteiger charge is 2.18. The van der Waals surface area contributed by atoms with E-state index in [9.17, 15) is 4.79 Å². The smallest absolute Gasteiger partial charge is 0.260 e. The fourth-order valence-corrected chi connectivity index (χ4v) is 2.21. The lowest BCUT2D eigenvalue weighted by atomic mass is 10.2. The van der Waals surface area contributed by atoms with E-state index in [0.29, 0.717) is 16.3 Å². The van der Waals surface area contributed by atoms with Gasteiger partial charge in [-0.3, -0.25) is 4.79 Å². The normalized spacial score (nSPS) is 13.3. The number of nitrogens with two attached hydrogens (primary N) is 1. The number of thiocarbonyl (C=S) groups is 1. The minimum atomic E-state index is -0.627. The highest BCUT2D eigenvalue weighted by atomic mass is 35.5. The summed E-state index contributed by atoms with van der Waals surface area (Å²) in [6, 6.07) is 5.13. The summed E-state index contributed by atoms with van der Waals surface area (Å²) in [5.74, 6) is 0.271. The first-order valence-corrected chi connectivity index (χ1v) is 7.70. The molecular formula is C15H21ClN2O2S. The predicted octanol–water partition coefficient (Wildman–Crippen LogP) is 3.05. The van der Waals surface area contributed by atoms with Crippen molar-refractivity contribution in [2.45, 2.75) is 45.8 Å². The Morgan fingerprint density at radius 1 is 1.48 bits per heavy atom.